The van der Waals surface area contributed by atoms with Crippen LogP contribution >= 0.6 is 11.6 Å². The fraction of sp³-hybridized carbons (Fsp3) is 0. The lowest BCUT2D eigenvalue weighted by Crippen LogP contribution is -2.12. The van der Waals surface area contributed by atoms with Gasteiger partial charge in [-0.3, -0.25) is 4.79 Å². The Hall–Kier alpha value is -2.51. The van der Waals surface area contributed by atoms with Crippen LogP contribution in [0.25, 0.3) is 17.4 Å². The molecule has 94 valence electrons. The van der Waals surface area contributed by atoms with E-state index in [2.05, 4.69) is 0 Å². The monoisotopic (exact) mass is 272 g/mol. The Kier molecular flexibility index (Phi) is 3.69. The van der Waals surface area contributed by atoms with Gasteiger partial charge in [-0.15, -0.1) is 0 Å². The molecule has 1 aromatic heterocycles. The molecule has 0 unspecified atom stereocenters. The van der Waals surface area contributed by atoms with Crippen molar-refractivity contribution in [3.05, 3.63) is 52.8 Å². The van der Waals surface area contributed by atoms with Crippen LogP contribution in [-0.2, 0) is 4.79 Å². The van der Waals surface area contributed by atoms with Gasteiger partial charge >= 0.3 is 0 Å². The third-order valence-corrected chi connectivity index (χ3v) is 2.64. The number of carbonyl (C=O) groups excluding carboxylic acids is 1. The predicted molar refractivity (Wildman–Crippen MR) is 71.9 cm³/mol. The Bertz CT molecular complexity index is 695. The first-order chi connectivity index (χ1) is 9.10. The maximum atomic E-state index is 10.9. The summed E-state index contributed by atoms with van der Waals surface area (Å²) < 4.78 is 5.51. The van der Waals surface area contributed by atoms with Crippen LogP contribution in [-0.4, -0.2) is 5.91 Å². The molecule has 5 heteroatoms. The van der Waals surface area contributed by atoms with E-state index in [0.717, 1.165) is 5.56 Å². The summed E-state index contributed by atoms with van der Waals surface area (Å²) >= 11 is 5.89. The molecule has 0 atom stereocenters. The predicted octanol–water partition coefficient (Wildman–Crippen LogP) is 2.99. The summed E-state index contributed by atoms with van der Waals surface area (Å²) in [5.74, 6) is 0.184. The molecule has 0 bridgehead atoms. The highest BCUT2D eigenvalue weighted by molar-refractivity contribution is 6.30. The van der Waals surface area contributed by atoms with Crippen LogP contribution in [0, 0.1) is 11.3 Å². The van der Waals surface area contributed by atoms with E-state index < -0.39 is 5.91 Å². The zero-order valence-electron chi connectivity index (χ0n) is 9.76. The fourth-order valence-electron chi connectivity index (χ4n) is 1.53. The molecule has 1 amide bonds. The highest BCUT2D eigenvalue weighted by atomic mass is 35.5. The maximum Gasteiger partial charge on any atom is 0.259 e. The van der Waals surface area contributed by atoms with E-state index >= 15 is 0 Å². The second kappa shape index (κ2) is 5.42. The largest absolute Gasteiger partial charge is 0.457 e. The lowest BCUT2D eigenvalue weighted by Gasteiger charge is -1.97. The van der Waals surface area contributed by atoms with Crippen molar-refractivity contribution in [2.45, 2.75) is 0 Å². The van der Waals surface area contributed by atoms with Crippen LogP contribution < -0.4 is 5.73 Å². The number of nitrogens with zero attached hydrogens (tertiary/aromatic N) is 1. The summed E-state index contributed by atoms with van der Waals surface area (Å²) in [6.45, 7) is 0. The summed E-state index contributed by atoms with van der Waals surface area (Å²) in [4.78, 5) is 10.9. The van der Waals surface area contributed by atoms with Crippen LogP contribution in [0.1, 0.15) is 5.76 Å². The third kappa shape index (κ3) is 3.03. The summed E-state index contributed by atoms with van der Waals surface area (Å²) in [5.41, 5.74) is 5.69. The van der Waals surface area contributed by atoms with Crippen LogP contribution in [0.4, 0.5) is 0 Å². The second-order valence-electron chi connectivity index (χ2n) is 3.75. The van der Waals surface area contributed by atoms with Gasteiger partial charge in [-0.1, -0.05) is 23.7 Å². The van der Waals surface area contributed by atoms with Crippen molar-refractivity contribution in [2.24, 2.45) is 5.73 Å². The van der Waals surface area contributed by atoms with E-state index in [1.165, 1.54) is 6.08 Å². The molecule has 2 N–H and O–H groups in total. The molecule has 2 rings (SSSR count). The average molecular weight is 273 g/mol. The van der Waals surface area contributed by atoms with Gasteiger partial charge in [0, 0.05) is 16.7 Å². The Morgan fingerprint density at radius 3 is 2.79 bits per heavy atom. The highest BCUT2D eigenvalue weighted by Crippen LogP contribution is 2.25. The van der Waals surface area contributed by atoms with Crippen molar-refractivity contribution in [1.29, 1.82) is 5.26 Å². The van der Waals surface area contributed by atoms with Crippen LogP contribution in [0.5, 0.6) is 0 Å². The minimum Gasteiger partial charge on any atom is -0.457 e. The first-order valence-corrected chi connectivity index (χ1v) is 5.75. The number of primary amides is 1. The number of carbonyl (C=O) groups is 1. The Morgan fingerprint density at radius 2 is 2.16 bits per heavy atom. The lowest BCUT2D eigenvalue weighted by molar-refractivity contribution is -0.114. The van der Waals surface area contributed by atoms with Gasteiger partial charge in [0.2, 0.25) is 0 Å². The molecular formula is C14H9ClN2O2. The van der Waals surface area contributed by atoms with Gasteiger partial charge in [-0.2, -0.15) is 5.26 Å². The van der Waals surface area contributed by atoms with E-state index in [0.29, 0.717) is 16.5 Å². The number of nitriles is 1. The quantitative estimate of drug-likeness (QED) is 0.689. The molecular weight excluding hydrogens is 264 g/mol. The first-order valence-electron chi connectivity index (χ1n) is 5.37. The molecule has 0 aliphatic carbocycles. The van der Waals surface area contributed by atoms with Gasteiger partial charge in [-0.05, 0) is 24.3 Å². The van der Waals surface area contributed by atoms with Crippen LogP contribution in [0.15, 0.2) is 46.4 Å². The average Bonchev–Trinajstić information content (AvgIpc) is 2.84. The molecule has 0 saturated heterocycles. The van der Waals surface area contributed by atoms with Crippen molar-refractivity contribution in [1.82, 2.24) is 0 Å². The Morgan fingerprint density at radius 1 is 1.37 bits per heavy atom. The molecule has 0 saturated carbocycles. The minimum atomic E-state index is -0.789. The molecule has 4 nitrogen and oxygen atoms in total. The molecule has 1 heterocycles. The number of halogens is 1. The van der Waals surface area contributed by atoms with Gasteiger partial charge < -0.3 is 10.2 Å². The lowest BCUT2D eigenvalue weighted by atomic mass is 10.2. The summed E-state index contributed by atoms with van der Waals surface area (Å²) in [6.07, 6.45) is 1.30. The smallest absolute Gasteiger partial charge is 0.259 e. The molecule has 0 aliphatic heterocycles. The zero-order chi connectivity index (χ0) is 13.8. The number of nitrogens with two attached hydrogens (primary N) is 1. The number of benzene rings is 1. The Balaban J connectivity index is 2.35. The van der Waals surface area contributed by atoms with Crippen molar-refractivity contribution in [3.63, 3.8) is 0 Å². The molecule has 0 spiro atoms. The zero-order valence-corrected chi connectivity index (χ0v) is 10.5. The minimum absolute atomic E-state index is 0.160. The molecule has 1 aromatic carbocycles. The Labute approximate surface area is 114 Å². The van der Waals surface area contributed by atoms with Gasteiger partial charge in [0.1, 0.15) is 23.2 Å². The molecule has 0 fully saturated rings. The van der Waals surface area contributed by atoms with Crippen molar-refractivity contribution < 1.29 is 9.21 Å². The van der Waals surface area contributed by atoms with Crippen LogP contribution in [0.2, 0.25) is 5.02 Å². The highest BCUT2D eigenvalue weighted by Gasteiger charge is 2.07. The molecule has 19 heavy (non-hydrogen) atoms. The number of hydrogen-bond donors (Lipinski definition) is 1. The summed E-state index contributed by atoms with van der Waals surface area (Å²) in [6, 6.07) is 12.3. The standard InChI is InChI=1S/C14H9ClN2O2/c15-11-3-1-2-9(6-11)13-5-4-12(19-13)7-10(8-16)14(17)18/h1-7H,(H2,17,18)/b10-7-. The van der Waals surface area contributed by atoms with E-state index in [1.807, 2.05) is 6.07 Å². The van der Waals surface area contributed by atoms with Gasteiger partial charge in [0.25, 0.3) is 5.91 Å². The summed E-state index contributed by atoms with van der Waals surface area (Å²) in [7, 11) is 0. The summed E-state index contributed by atoms with van der Waals surface area (Å²) in [5, 5.41) is 9.34. The number of furan rings is 1. The topological polar surface area (TPSA) is 80.0 Å². The van der Waals surface area contributed by atoms with Gasteiger partial charge in [0.05, 0.1) is 0 Å². The SMILES string of the molecule is N#C/C(=C/c1ccc(-c2cccc(Cl)c2)o1)C(N)=O. The molecule has 0 aliphatic rings. The van der Waals surface area contributed by atoms with Crippen LogP contribution in [0.3, 0.4) is 0 Å². The van der Waals surface area contributed by atoms with Crippen molar-refractivity contribution in [3.8, 4) is 17.4 Å². The van der Waals surface area contributed by atoms with Gasteiger partial charge in [0.15, 0.2) is 0 Å². The fourth-order valence-corrected chi connectivity index (χ4v) is 1.72. The second-order valence-corrected chi connectivity index (χ2v) is 4.18. The number of amides is 1. The molecule has 2 aromatic rings. The number of hydrogen-bond acceptors (Lipinski definition) is 3. The normalized spacial score (nSPS) is 11.1. The maximum absolute atomic E-state index is 10.9. The first kappa shape index (κ1) is 12.9. The van der Waals surface area contributed by atoms with E-state index in [-0.39, 0.29) is 5.57 Å². The number of rotatable bonds is 3. The third-order valence-electron chi connectivity index (χ3n) is 2.41. The van der Waals surface area contributed by atoms with Crippen molar-refractivity contribution >= 4 is 23.6 Å². The van der Waals surface area contributed by atoms with E-state index in [1.54, 1.807) is 36.4 Å². The van der Waals surface area contributed by atoms with Crippen molar-refractivity contribution in [2.75, 3.05) is 0 Å². The van der Waals surface area contributed by atoms with E-state index in [9.17, 15) is 4.79 Å². The molecule has 0 radical (unpaired) electrons. The van der Waals surface area contributed by atoms with Gasteiger partial charge in [-0.25, -0.2) is 0 Å². The van der Waals surface area contributed by atoms with E-state index in [4.69, 9.17) is 27.0 Å².